The first-order valence-electron chi connectivity index (χ1n) is 11.3. The van der Waals surface area contributed by atoms with Gasteiger partial charge in [-0.1, -0.05) is 18.2 Å². The topological polar surface area (TPSA) is 82.9 Å². The molecule has 2 N–H and O–H groups in total. The number of aliphatic hydroxyl groups is 1. The number of aliphatic carboxylic acids is 1. The first kappa shape index (κ1) is 24.0. The van der Waals surface area contributed by atoms with E-state index in [2.05, 4.69) is 27.4 Å². The predicted molar refractivity (Wildman–Crippen MR) is 133 cm³/mol. The molecular formula is C25H30N2O4S2. The molecule has 1 aliphatic heterocycles. The van der Waals surface area contributed by atoms with Crippen molar-refractivity contribution in [2.45, 2.75) is 29.6 Å². The number of fused-ring (bicyclic) bond motifs is 1. The van der Waals surface area contributed by atoms with Crippen molar-refractivity contribution in [1.82, 2.24) is 9.88 Å². The van der Waals surface area contributed by atoms with E-state index in [1.165, 1.54) is 4.21 Å². The largest absolute Gasteiger partial charge is 0.495 e. The van der Waals surface area contributed by atoms with Crippen molar-refractivity contribution in [1.29, 1.82) is 0 Å². The van der Waals surface area contributed by atoms with Crippen LogP contribution in [0.25, 0.3) is 10.9 Å². The van der Waals surface area contributed by atoms with Gasteiger partial charge in [0.1, 0.15) is 5.75 Å². The van der Waals surface area contributed by atoms with Gasteiger partial charge in [-0.15, -0.1) is 23.1 Å². The smallest absolute Gasteiger partial charge is 0.308 e. The number of thiophene rings is 1. The highest BCUT2D eigenvalue weighted by Gasteiger charge is 2.34. The number of ether oxygens (including phenoxy) is 1. The number of aromatic nitrogens is 1. The third-order valence-corrected chi connectivity index (χ3v) is 8.56. The molecule has 0 aliphatic carbocycles. The van der Waals surface area contributed by atoms with Crippen LogP contribution in [0, 0.1) is 11.8 Å². The van der Waals surface area contributed by atoms with E-state index in [4.69, 9.17) is 4.74 Å². The summed E-state index contributed by atoms with van der Waals surface area (Å²) in [6.07, 6.45) is 3.06. The maximum absolute atomic E-state index is 12.0. The van der Waals surface area contributed by atoms with E-state index >= 15 is 0 Å². The molecule has 0 saturated carbocycles. The summed E-state index contributed by atoms with van der Waals surface area (Å²) in [5, 5.41) is 23.8. The molecule has 3 atom stereocenters. The highest BCUT2D eigenvalue weighted by molar-refractivity contribution is 8.01. The number of methoxy groups -OCH3 is 1. The van der Waals surface area contributed by atoms with Crippen molar-refractivity contribution >= 4 is 40.0 Å². The van der Waals surface area contributed by atoms with E-state index in [0.717, 1.165) is 41.7 Å². The summed E-state index contributed by atoms with van der Waals surface area (Å²) in [5.74, 6) is 0.560. The fourth-order valence-corrected chi connectivity index (χ4v) is 6.46. The average Bonchev–Trinajstić information content (AvgIpc) is 3.35. The van der Waals surface area contributed by atoms with Crippen LogP contribution in [0.3, 0.4) is 0 Å². The van der Waals surface area contributed by atoms with Gasteiger partial charge in [-0.2, -0.15) is 0 Å². The van der Waals surface area contributed by atoms with Crippen molar-refractivity contribution in [3.8, 4) is 5.75 Å². The van der Waals surface area contributed by atoms with Crippen molar-refractivity contribution in [3.05, 3.63) is 53.5 Å². The van der Waals surface area contributed by atoms with Crippen LogP contribution in [0.1, 0.15) is 30.9 Å². The number of carboxylic acid groups (broad SMARTS) is 1. The number of carbonyl (C=O) groups is 1. The number of hydrogen-bond donors (Lipinski definition) is 2. The fourth-order valence-electron chi connectivity index (χ4n) is 4.60. The summed E-state index contributed by atoms with van der Waals surface area (Å²) < 4.78 is 6.60. The number of carboxylic acids is 1. The fraction of sp³-hybridized carbons (Fsp3) is 0.440. The minimum atomic E-state index is -0.732. The summed E-state index contributed by atoms with van der Waals surface area (Å²) in [4.78, 5) is 18.7. The molecule has 176 valence electrons. The maximum atomic E-state index is 12.0. The second kappa shape index (κ2) is 11.3. The van der Waals surface area contributed by atoms with E-state index in [-0.39, 0.29) is 5.92 Å². The van der Waals surface area contributed by atoms with Crippen LogP contribution in [0.2, 0.25) is 0 Å². The molecule has 0 radical (unpaired) electrons. The molecular weight excluding hydrogens is 456 g/mol. The molecule has 8 heteroatoms. The van der Waals surface area contributed by atoms with Crippen LogP contribution in [0.5, 0.6) is 5.75 Å². The summed E-state index contributed by atoms with van der Waals surface area (Å²) in [6, 6.07) is 11.8. The molecule has 2 aromatic heterocycles. The van der Waals surface area contributed by atoms with Crippen molar-refractivity contribution in [3.63, 3.8) is 0 Å². The Bertz CT molecular complexity index is 1060. The Morgan fingerprint density at radius 1 is 1.36 bits per heavy atom. The maximum Gasteiger partial charge on any atom is 0.308 e. The van der Waals surface area contributed by atoms with Gasteiger partial charge in [0.05, 0.1) is 35.1 Å². The minimum Gasteiger partial charge on any atom is -0.495 e. The van der Waals surface area contributed by atoms with Crippen LogP contribution in [0.15, 0.2) is 52.2 Å². The molecule has 3 aromatic rings. The van der Waals surface area contributed by atoms with E-state index < -0.39 is 18.0 Å². The van der Waals surface area contributed by atoms with Crippen LogP contribution < -0.4 is 4.74 Å². The van der Waals surface area contributed by atoms with E-state index in [9.17, 15) is 15.0 Å². The molecule has 1 aliphatic rings. The van der Waals surface area contributed by atoms with Crippen LogP contribution >= 0.6 is 23.1 Å². The molecule has 0 spiro atoms. The number of pyridine rings is 1. The van der Waals surface area contributed by atoms with E-state index in [0.29, 0.717) is 25.1 Å². The Kier molecular flexibility index (Phi) is 8.25. The Morgan fingerprint density at radius 3 is 3.00 bits per heavy atom. The molecule has 6 nitrogen and oxygen atoms in total. The summed E-state index contributed by atoms with van der Waals surface area (Å²) >= 11 is 3.57. The van der Waals surface area contributed by atoms with Gasteiger partial charge in [-0.25, -0.2) is 0 Å². The number of aliphatic hydroxyl groups excluding tert-OH is 1. The van der Waals surface area contributed by atoms with Crippen molar-refractivity contribution in [2.24, 2.45) is 11.8 Å². The first-order chi connectivity index (χ1) is 16.0. The van der Waals surface area contributed by atoms with Gasteiger partial charge in [0.25, 0.3) is 0 Å². The Hall–Kier alpha value is -2.13. The summed E-state index contributed by atoms with van der Waals surface area (Å²) in [7, 11) is 1.60. The number of benzene rings is 1. The number of hydrogen-bond acceptors (Lipinski definition) is 7. The Balaban J connectivity index is 1.34. The van der Waals surface area contributed by atoms with Gasteiger partial charge in [-0.3, -0.25) is 9.78 Å². The summed E-state index contributed by atoms with van der Waals surface area (Å²) in [5.41, 5.74) is 1.62. The Labute approximate surface area is 202 Å². The lowest BCUT2D eigenvalue weighted by Crippen LogP contribution is -2.44. The standard InChI is InChI=1S/C25H30N2O4S2/c1-31-18-14-20-19(4-2-5-22(20)26-15-18)23(28)8-7-17-9-10-27(16-21(17)25(29)30)11-13-33-24-6-3-12-32-24/h2-6,12,14-15,17,21,23,28H,7-11,13,16H2,1H3,(H,29,30)/t17-,21+,23+/m1/s1. The zero-order valence-corrected chi connectivity index (χ0v) is 20.4. The average molecular weight is 487 g/mol. The van der Waals surface area contributed by atoms with Gasteiger partial charge in [0.2, 0.25) is 0 Å². The van der Waals surface area contributed by atoms with Crippen molar-refractivity contribution < 1.29 is 19.7 Å². The minimum absolute atomic E-state index is 0.0704. The second-order valence-corrected chi connectivity index (χ2v) is 10.8. The quantitative estimate of drug-likeness (QED) is 0.393. The summed E-state index contributed by atoms with van der Waals surface area (Å²) in [6.45, 7) is 2.38. The first-order valence-corrected chi connectivity index (χ1v) is 13.1. The van der Waals surface area contributed by atoms with Gasteiger partial charge >= 0.3 is 5.97 Å². The monoisotopic (exact) mass is 486 g/mol. The van der Waals surface area contributed by atoms with Gasteiger partial charge in [0.15, 0.2) is 0 Å². The zero-order chi connectivity index (χ0) is 23.2. The Morgan fingerprint density at radius 2 is 2.24 bits per heavy atom. The number of likely N-dealkylation sites (tertiary alicyclic amines) is 1. The molecule has 4 rings (SSSR count). The number of piperidine rings is 1. The van der Waals surface area contributed by atoms with Crippen LogP contribution in [-0.4, -0.2) is 58.6 Å². The van der Waals surface area contributed by atoms with Crippen molar-refractivity contribution in [2.75, 3.05) is 32.5 Å². The second-order valence-electron chi connectivity index (χ2n) is 8.46. The molecule has 1 fully saturated rings. The molecule has 1 aromatic carbocycles. The van der Waals surface area contributed by atoms with Gasteiger partial charge in [-0.05, 0) is 60.9 Å². The van der Waals surface area contributed by atoms with Gasteiger partial charge < -0.3 is 19.8 Å². The predicted octanol–water partition coefficient (Wildman–Crippen LogP) is 4.93. The number of rotatable bonds is 10. The van der Waals surface area contributed by atoms with Gasteiger partial charge in [0, 0.05) is 24.2 Å². The SMILES string of the molecule is COc1cnc2cccc([C@@H](O)CC[C@@H]3CCN(CCSc4cccs4)C[C@@H]3C(=O)O)c2c1. The lowest BCUT2D eigenvalue weighted by atomic mass is 9.81. The van der Waals surface area contributed by atoms with Crippen LogP contribution in [0.4, 0.5) is 0 Å². The normalized spacial score (nSPS) is 20.1. The van der Waals surface area contributed by atoms with Crippen LogP contribution in [-0.2, 0) is 4.79 Å². The molecule has 33 heavy (non-hydrogen) atoms. The molecule has 0 amide bonds. The number of nitrogens with zero attached hydrogens (tertiary/aromatic N) is 2. The highest BCUT2D eigenvalue weighted by atomic mass is 32.2. The lowest BCUT2D eigenvalue weighted by Gasteiger charge is -2.36. The molecule has 0 bridgehead atoms. The lowest BCUT2D eigenvalue weighted by molar-refractivity contribution is -0.146. The zero-order valence-electron chi connectivity index (χ0n) is 18.7. The molecule has 0 unspecified atom stereocenters. The highest BCUT2D eigenvalue weighted by Crippen LogP contribution is 2.34. The number of thioether (sulfide) groups is 1. The molecule has 1 saturated heterocycles. The van der Waals surface area contributed by atoms with E-state index in [1.54, 1.807) is 24.6 Å². The third kappa shape index (κ3) is 6.06. The molecule has 3 heterocycles. The third-order valence-electron chi connectivity index (χ3n) is 6.44. The van der Waals surface area contributed by atoms with E-state index in [1.807, 2.05) is 36.0 Å².